The minimum atomic E-state index is -2.89. The van der Waals surface area contributed by atoms with Gasteiger partial charge >= 0.3 is 6.61 Å². The van der Waals surface area contributed by atoms with E-state index in [4.69, 9.17) is 10.5 Å². The summed E-state index contributed by atoms with van der Waals surface area (Å²) in [4.78, 5) is 0. The second-order valence-corrected chi connectivity index (χ2v) is 4.36. The van der Waals surface area contributed by atoms with Crippen molar-refractivity contribution in [2.24, 2.45) is 5.73 Å². The van der Waals surface area contributed by atoms with Crippen LogP contribution in [0.15, 0.2) is 48.5 Å². The summed E-state index contributed by atoms with van der Waals surface area (Å²) in [5, 5.41) is 0. The van der Waals surface area contributed by atoms with Crippen molar-refractivity contribution in [2.45, 2.75) is 19.6 Å². The van der Waals surface area contributed by atoms with Crippen LogP contribution in [0.25, 0.3) is 0 Å². The van der Waals surface area contributed by atoms with E-state index in [0.29, 0.717) is 17.9 Å². The molecule has 0 saturated carbocycles. The number of benzene rings is 2. The highest BCUT2D eigenvalue weighted by atomic mass is 19.3. The highest BCUT2D eigenvalue weighted by Gasteiger charge is 2.19. The van der Waals surface area contributed by atoms with Gasteiger partial charge < -0.3 is 15.2 Å². The molecule has 2 rings (SSSR count). The molecule has 3 nitrogen and oxygen atoms in total. The second kappa shape index (κ2) is 7.04. The molecule has 0 aromatic heterocycles. The summed E-state index contributed by atoms with van der Waals surface area (Å²) in [7, 11) is 0. The van der Waals surface area contributed by atoms with Crippen LogP contribution in [-0.2, 0) is 0 Å². The Hall–Kier alpha value is -2.14. The smallest absolute Gasteiger partial charge is 0.387 e. The van der Waals surface area contributed by atoms with Crippen molar-refractivity contribution in [2.75, 3.05) is 6.61 Å². The van der Waals surface area contributed by atoms with Gasteiger partial charge in [0.15, 0.2) is 0 Å². The molecule has 1 atom stereocenters. The fourth-order valence-electron chi connectivity index (χ4n) is 2.13. The van der Waals surface area contributed by atoms with E-state index in [-0.39, 0.29) is 5.75 Å². The summed E-state index contributed by atoms with van der Waals surface area (Å²) in [6.07, 6.45) is 0. The van der Waals surface area contributed by atoms with Crippen LogP contribution in [0, 0.1) is 0 Å². The third kappa shape index (κ3) is 3.70. The normalized spacial score (nSPS) is 12.2. The van der Waals surface area contributed by atoms with Crippen LogP contribution in [0.5, 0.6) is 11.5 Å². The first-order chi connectivity index (χ1) is 10.1. The molecular weight excluding hydrogens is 276 g/mol. The first kappa shape index (κ1) is 15.3. The van der Waals surface area contributed by atoms with Gasteiger partial charge in [-0.3, -0.25) is 0 Å². The average molecular weight is 293 g/mol. The average Bonchev–Trinajstić information content (AvgIpc) is 2.47. The lowest BCUT2D eigenvalue weighted by Gasteiger charge is -2.19. The van der Waals surface area contributed by atoms with Gasteiger partial charge in [-0.15, -0.1) is 0 Å². The van der Waals surface area contributed by atoms with Crippen LogP contribution < -0.4 is 15.2 Å². The van der Waals surface area contributed by atoms with Crippen LogP contribution in [0.1, 0.15) is 24.1 Å². The van der Waals surface area contributed by atoms with Gasteiger partial charge in [-0.25, -0.2) is 0 Å². The SMILES string of the molecule is CCOc1ccccc1C(N)c1ccccc1OC(F)F. The van der Waals surface area contributed by atoms with E-state index >= 15 is 0 Å². The topological polar surface area (TPSA) is 44.5 Å². The minimum absolute atomic E-state index is 0.0753. The Kier molecular flexibility index (Phi) is 5.11. The molecule has 0 aliphatic carbocycles. The van der Waals surface area contributed by atoms with Crippen molar-refractivity contribution in [3.8, 4) is 11.5 Å². The largest absolute Gasteiger partial charge is 0.494 e. The van der Waals surface area contributed by atoms with Gasteiger partial charge in [-0.2, -0.15) is 8.78 Å². The molecule has 2 N–H and O–H groups in total. The van der Waals surface area contributed by atoms with Crippen molar-refractivity contribution >= 4 is 0 Å². The molecule has 0 aliphatic heterocycles. The zero-order valence-electron chi connectivity index (χ0n) is 11.6. The Balaban J connectivity index is 2.38. The predicted octanol–water partition coefficient (Wildman–Crippen LogP) is 3.73. The minimum Gasteiger partial charge on any atom is -0.494 e. The highest BCUT2D eigenvalue weighted by Crippen LogP contribution is 2.33. The molecule has 0 heterocycles. The molecule has 0 spiro atoms. The predicted molar refractivity (Wildman–Crippen MR) is 76.7 cm³/mol. The maximum Gasteiger partial charge on any atom is 0.387 e. The van der Waals surface area contributed by atoms with E-state index in [2.05, 4.69) is 4.74 Å². The first-order valence-electron chi connectivity index (χ1n) is 6.64. The summed E-state index contributed by atoms with van der Waals surface area (Å²) >= 11 is 0. The van der Waals surface area contributed by atoms with E-state index in [0.717, 1.165) is 5.56 Å². The zero-order valence-corrected chi connectivity index (χ0v) is 11.6. The number of ether oxygens (including phenoxy) is 2. The summed E-state index contributed by atoms with van der Waals surface area (Å²) in [5.74, 6) is 0.714. The van der Waals surface area contributed by atoms with Crippen LogP contribution in [-0.4, -0.2) is 13.2 Å². The van der Waals surface area contributed by atoms with Crippen LogP contribution >= 0.6 is 0 Å². The van der Waals surface area contributed by atoms with Gasteiger partial charge in [0.25, 0.3) is 0 Å². The molecule has 5 heteroatoms. The lowest BCUT2D eigenvalue weighted by molar-refractivity contribution is -0.0505. The Morgan fingerprint density at radius 2 is 1.48 bits per heavy atom. The number of rotatable bonds is 6. The van der Waals surface area contributed by atoms with Crippen molar-refractivity contribution in [1.82, 2.24) is 0 Å². The fraction of sp³-hybridized carbons (Fsp3) is 0.250. The molecule has 0 fully saturated rings. The number of hydrogen-bond acceptors (Lipinski definition) is 3. The molecule has 0 amide bonds. The van der Waals surface area contributed by atoms with Crippen molar-refractivity contribution < 1.29 is 18.3 Å². The maximum atomic E-state index is 12.5. The Morgan fingerprint density at radius 3 is 2.05 bits per heavy atom. The highest BCUT2D eigenvalue weighted by molar-refractivity contribution is 5.46. The monoisotopic (exact) mass is 293 g/mol. The number of para-hydroxylation sites is 2. The van der Waals surface area contributed by atoms with E-state index in [1.165, 1.54) is 6.07 Å². The van der Waals surface area contributed by atoms with E-state index in [1.54, 1.807) is 24.3 Å². The molecule has 0 bridgehead atoms. The Morgan fingerprint density at radius 1 is 0.952 bits per heavy atom. The van der Waals surface area contributed by atoms with E-state index < -0.39 is 12.7 Å². The van der Waals surface area contributed by atoms with E-state index in [9.17, 15) is 8.78 Å². The Bertz CT molecular complexity index is 590. The van der Waals surface area contributed by atoms with E-state index in [1.807, 2.05) is 25.1 Å². The van der Waals surface area contributed by atoms with Gasteiger partial charge in [-0.1, -0.05) is 36.4 Å². The lowest BCUT2D eigenvalue weighted by Crippen LogP contribution is -2.16. The number of halogens is 2. The van der Waals surface area contributed by atoms with Crippen LogP contribution in [0.2, 0.25) is 0 Å². The third-order valence-electron chi connectivity index (χ3n) is 3.02. The van der Waals surface area contributed by atoms with Gasteiger partial charge in [0.2, 0.25) is 0 Å². The van der Waals surface area contributed by atoms with Gasteiger partial charge in [0.05, 0.1) is 12.6 Å². The molecule has 2 aromatic carbocycles. The van der Waals surface area contributed by atoms with Gasteiger partial charge in [0, 0.05) is 11.1 Å². The van der Waals surface area contributed by atoms with Crippen LogP contribution in [0.4, 0.5) is 8.78 Å². The molecule has 2 aromatic rings. The number of nitrogens with two attached hydrogens (primary N) is 1. The van der Waals surface area contributed by atoms with Gasteiger partial charge in [0.1, 0.15) is 11.5 Å². The summed E-state index contributed by atoms with van der Waals surface area (Å²) in [6, 6.07) is 13.2. The van der Waals surface area contributed by atoms with Crippen molar-refractivity contribution in [3.63, 3.8) is 0 Å². The second-order valence-electron chi connectivity index (χ2n) is 4.36. The zero-order chi connectivity index (χ0) is 15.2. The molecule has 21 heavy (non-hydrogen) atoms. The van der Waals surface area contributed by atoms with Gasteiger partial charge in [-0.05, 0) is 19.1 Å². The Labute approximate surface area is 122 Å². The third-order valence-corrected chi connectivity index (χ3v) is 3.02. The van der Waals surface area contributed by atoms with Crippen LogP contribution in [0.3, 0.4) is 0 Å². The van der Waals surface area contributed by atoms with Crippen molar-refractivity contribution in [3.05, 3.63) is 59.7 Å². The summed E-state index contributed by atoms with van der Waals surface area (Å²) < 4.78 is 35.0. The molecule has 0 aliphatic rings. The molecule has 0 radical (unpaired) electrons. The quantitative estimate of drug-likeness (QED) is 0.882. The standard InChI is InChI=1S/C16H17F2NO2/c1-2-20-13-9-5-3-7-11(13)15(19)12-8-4-6-10-14(12)21-16(17)18/h3-10,15-16H,2,19H2,1H3. The number of hydrogen-bond donors (Lipinski definition) is 1. The lowest BCUT2D eigenvalue weighted by atomic mass is 9.98. The molecule has 112 valence electrons. The summed E-state index contributed by atoms with van der Waals surface area (Å²) in [6.45, 7) is -0.518. The first-order valence-corrected chi connectivity index (χ1v) is 6.64. The fourth-order valence-corrected chi connectivity index (χ4v) is 2.13. The molecule has 1 unspecified atom stereocenters. The molecular formula is C16H17F2NO2. The maximum absolute atomic E-state index is 12.5. The summed E-state index contributed by atoms with van der Waals surface area (Å²) in [5.41, 5.74) is 7.44. The molecule has 0 saturated heterocycles. The number of alkyl halides is 2. The van der Waals surface area contributed by atoms with Crippen molar-refractivity contribution in [1.29, 1.82) is 0 Å².